The minimum Gasteiger partial charge on any atom is -0.480 e. The monoisotopic (exact) mass is 380 g/mol. The summed E-state index contributed by atoms with van der Waals surface area (Å²) in [7, 11) is 0. The number of carbonyl (C=O) groups is 3. The Bertz CT molecular complexity index is 942. The van der Waals surface area contributed by atoms with E-state index in [2.05, 4.69) is 0 Å². The molecule has 1 aliphatic heterocycles. The predicted octanol–water partition coefficient (Wildman–Crippen LogP) is 1.73. The number of aliphatic carboxylic acids is 1. The van der Waals surface area contributed by atoms with Gasteiger partial charge in [-0.1, -0.05) is 54.6 Å². The van der Waals surface area contributed by atoms with Gasteiger partial charge in [-0.05, 0) is 18.1 Å². The van der Waals surface area contributed by atoms with E-state index < -0.39 is 30.0 Å². The summed E-state index contributed by atoms with van der Waals surface area (Å²) in [6.07, 6.45) is 0. The normalized spacial score (nSPS) is 19.2. The van der Waals surface area contributed by atoms with Crippen molar-refractivity contribution in [1.82, 2.24) is 9.80 Å². The van der Waals surface area contributed by atoms with Crippen molar-refractivity contribution in [2.75, 3.05) is 6.54 Å². The highest BCUT2D eigenvalue weighted by Crippen LogP contribution is 2.38. The van der Waals surface area contributed by atoms with E-state index in [1.54, 1.807) is 31.2 Å². The summed E-state index contributed by atoms with van der Waals surface area (Å²) >= 11 is 0. The van der Waals surface area contributed by atoms with Gasteiger partial charge >= 0.3 is 12.0 Å². The number of imide groups is 1. The van der Waals surface area contributed by atoms with Crippen LogP contribution in [-0.2, 0) is 21.7 Å². The number of nitrogens with two attached hydrogens (primary N) is 1. The van der Waals surface area contributed by atoms with Gasteiger partial charge in [0.1, 0.15) is 17.9 Å². The summed E-state index contributed by atoms with van der Waals surface area (Å²) in [5.41, 5.74) is 5.92. The standard InChI is InChI=1S/C20H20N4O4/c1-20(15-9-7-14(8-10-15)17(21)22)18(27)23(12-16(25)26)19(28)24(20)11-13-5-3-2-4-6-13/h2-10H,11-12H2,1H3,(H3,21,22)(H,25,26). The molecule has 2 aromatic rings. The molecule has 0 spiro atoms. The zero-order valence-corrected chi connectivity index (χ0v) is 15.3. The number of benzene rings is 2. The molecule has 8 heteroatoms. The van der Waals surface area contributed by atoms with Gasteiger partial charge in [0.25, 0.3) is 5.91 Å². The number of hydrogen-bond donors (Lipinski definition) is 3. The number of nitrogens with one attached hydrogen (secondary N) is 1. The Morgan fingerprint density at radius 1 is 1.11 bits per heavy atom. The second kappa shape index (κ2) is 7.15. The van der Waals surface area contributed by atoms with Crippen LogP contribution in [-0.4, -0.2) is 45.2 Å². The number of amides is 3. The van der Waals surface area contributed by atoms with Crippen LogP contribution in [0.4, 0.5) is 4.79 Å². The molecule has 0 radical (unpaired) electrons. The maximum absolute atomic E-state index is 13.1. The Labute approximate surface area is 161 Å². The molecule has 2 aromatic carbocycles. The average molecular weight is 380 g/mol. The molecule has 3 amide bonds. The number of carboxylic acid groups (broad SMARTS) is 1. The lowest BCUT2D eigenvalue weighted by Gasteiger charge is -2.32. The van der Waals surface area contributed by atoms with Crippen molar-refractivity contribution in [3.63, 3.8) is 0 Å². The van der Waals surface area contributed by atoms with E-state index in [1.165, 1.54) is 4.90 Å². The SMILES string of the molecule is CC1(c2ccc(C(=N)N)cc2)C(=O)N(CC(=O)O)C(=O)N1Cc1ccccc1. The van der Waals surface area contributed by atoms with Crippen LogP contribution < -0.4 is 5.73 Å². The fourth-order valence-electron chi connectivity index (χ4n) is 3.32. The molecule has 1 saturated heterocycles. The molecule has 0 saturated carbocycles. The lowest BCUT2D eigenvalue weighted by Crippen LogP contribution is -2.44. The maximum Gasteiger partial charge on any atom is 0.328 e. The molecular formula is C20H20N4O4. The molecule has 1 fully saturated rings. The Morgan fingerprint density at radius 2 is 1.71 bits per heavy atom. The minimum absolute atomic E-state index is 0.112. The number of nitrogen functional groups attached to an aromatic ring is 1. The van der Waals surface area contributed by atoms with Crippen molar-refractivity contribution >= 4 is 23.7 Å². The first-order valence-electron chi connectivity index (χ1n) is 8.59. The van der Waals surface area contributed by atoms with E-state index in [4.69, 9.17) is 16.2 Å². The largest absolute Gasteiger partial charge is 0.480 e. The average Bonchev–Trinajstić information content (AvgIpc) is 2.85. The van der Waals surface area contributed by atoms with Gasteiger partial charge in [0.2, 0.25) is 0 Å². The van der Waals surface area contributed by atoms with Crippen LogP contribution in [0.1, 0.15) is 23.6 Å². The van der Waals surface area contributed by atoms with Gasteiger partial charge in [-0.25, -0.2) is 4.79 Å². The Balaban J connectivity index is 2.06. The van der Waals surface area contributed by atoms with Crippen LogP contribution in [0.15, 0.2) is 54.6 Å². The zero-order chi connectivity index (χ0) is 20.5. The summed E-state index contributed by atoms with van der Waals surface area (Å²) < 4.78 is 0. The van der Waals surface area contributed by atoms with Crippen molar-refractivity contribution in [2.45, 2.75) is 19.0 Å². The van der Waals surface area contributed by atoms with Crippen LogP contribution in [0.3, 0.4) is 0 Å². The first kappa shape index (κ1) is 19.1. The summed E-state index contributed by atoms with van der Waals surface area (Å²) in [4.78, 5) is 39.4. The van der Waals surface area contributed by atoms with E-state index >= 15 is 0 Å². The number of carbonyl (C=O) groups excluding carboxylic acids is 2. The highest BCUT2D eigenvalue weighted by molar-refractivity contribution is 6.08. The molecule has 28 heavy (non-hydrogen) atoms. The summed E-state index contributed by atoms with van der Waals surface area (Å²) in [5, 5.41) is 16.6. The summed E-state index contributed by atoms with van der Waals surface area (Å²) in [5.74, 6) is -1.98. The van der Waals surface area contributed by atoms with Gasteiger partial charge in [-0.15, -0.1) is 0 Å². The van der Waals surface area contributed by atoms with Crippen LogP contribution in [0, 0.1) is 5.41 Å². The molecule has 1 aliphatic rings. The summed E-state index contributed by atoms with van der Waals surface area (Å²) in [6.45, 7) is 1.04. The quantitative estimate of drug-likeness (QED) is 0.399. The first-order valence-corrected chi connectivity index (χ1v) is 8.59. The van der Waals surface area contributed by atoms with Crippen molar-refractivity contribution in [2.24, 2.45) is 5.73 Å². The van der Waals surface area contributed by atoms with Gasteiger partial charge in [0.05, 0.1) is 0 Å². The molecule has 0 aliphatic carbocycles. The number of nitrogens with zero attached hydrogens (tertiary/aromatic N) is 2. The first-order chi connectivity index (χ1) is 13.2. The molecular weight excluding hydrogens is 360 g/mol. The van der Waals surface area contributed by atoms with Gasteiger partial charge in [-0.2, -0.15) is 0 Å². The predicted molar refractivity (Wildman–Crippen MR) is 102 cm³/mol. The Kier molecular flexibility index (Phi) is 4.87. The van der Waals surface area contributed by atoms with Crippen LogP contribution in [0.25, 0.3) is 0 Å². The molecule has 4 N–H and O–H groups in total. The lowest BCUT2D eigenvalue weighted by atomic mass is 9.89. The number of urea groups is 1. The number of amidine groups is 1. The molecule has 1 heterocycles. The molecule has 8 nitrogen and oxygen atoms in total. The van der Waals surface area contributed by atoms with Crippen LogP contribution in [0.2, 0.25) is 0 Å². The number of rotatable bonds is 6. The third-order valence-corrected chi connectivity index (χ3v) is 4.90. The van der Waals surface area contributed by atoms with Crippen LogP contribution in [0.5, 0.6) is 0 Å². The lowest BCUT2D eigenvalue weighted by molar-refractivity contribution is -0.143. The van der Waals surface area contributed by atoms with E-state index in [0.29, 0.717) is 11.1 Å². The van der Waals surface area contributed by atoms with Gasteiger partial charge < -0.3 is 15.7 Å². The second-order valence-electron chi connectivity index (χ2n) is 6.70. The minimum atomic E-state index is -1.38. The number of carboxylic acids is 1. The van der Waals surface area contributed by atoms with E-state index in [-0.39, 0.29) is 12.4 Å². The van der Waals surface area contributed by atoms with E-state index in [1.807, 2.05) is 30.3 Å². The Hall–Kier alpha value is -3.68. The van der Waals surface area contributed by atoms with E-state index in [0.717, 1.165) is 10.5 Å². The van der Waals surface area contributed by atoms with Crippen LogP contribution >= 0.6 is 0 Å². The molecule has 1 unspecified atom stereocenters. The molecule has 0 aromatic heterocycles. The van der Waals surface area contributed by atoms with Gasteiger partial charge in [-0.3, -0.25) is 19.9 Å². The highest BCUT2D eigenvalue weighted by Gasteiger charge is 2.55. The van der Waals surface area contributed by atoms with Crippen molar-refractivity contribution < 1.29 is 19.5 Å². The summed E-state index contributed by atoms with van der Waals surface area (Å²) in [6, 6.07) is 15.0. The highest BCUT2D eigenvalue weighted by atomic mass is 16.4. The maximum atomic E-state index is 13.1. The smallest absolute Gasteiger partial charge is 0.328 e. The Morgan fingerprint density at radius 3 is 2.25 bits per heavy atom. The molecule has 1 atom stereocenters. The van der Waals surface area contributed by atoms with Crippen molar-refractivity contribution in [3.05, 3.63) is 71.3 Å². The van der Waals surface area contributed by atoms with Crippen molar-refractivity contribution in [1.29, 1.82) is 5.41 Å². The third-order valence-electron chi connectivity index (χ3n) is 4.90. The topological polar surface area (TPSA) is 128 Å². The van der Waals surface area contributed by atoms with E-state index in [9.17, 15) is 14.4 Å². The second-order valence-corrected chi connectivity index (χ2v) is 6.70. The van der Waals surface area contributed by atoms with Gasteiger partial charge in [0.15, 0.2) is 0 Å². The fraction of sp³-hybridized carbons (Fsp3) is 0.200. The van der Waals surface area contributed by atoms with Crippen molar-refractivity contribution in [3.8, 4) is 0 Å². The van der Waals surface area contributed by atoms with Gasteiger partial charge in [0, 0.05) is 12.1 Å². The zero-order valence-electron chi connectivity index (χ0n) is 15.3. The molecule has 144 valence electrons. The third kappa shape index (κ3) is 3.20. The fourth-order valence-corrected chi connectivity index (χ4v) is 3.32. The molecule has 0 bridgehead atoms. The molecule has 3 rings (SSSR count). The number of hydrogen-bond acceptors (Lipinski definition) is 4.